The average molecular weight is 280 g/mol. The number of urea groups is 1. The summed E-state index contributed by atoms with van der Waals surface area (Å²) >= 11 is 0. The number of carbonyl (C=O) groups is 2. The largest absolute Gasteiger partial charge is 0.494 e. The third-order valence-corrected chi connectivity index (χ3v) is 3.83. The Labute approximate surface area is 116 Å². The zero-order valence-electron chi connectivity index (χ0n) is 11.7. The minimum absolute atomic E-state index is 0.0188. The van der Waals surface area contributed by atoms with Crippen LogP contribution in [0.25, 0.3) is 0 Å². The third-order valence-electron chi connectivity index (χ3n) is 3.83. The highest BCUT2D eigenvalue weighted by molar-refractivity contribution is 6.06. The Kier molecular flexibility index (Phi) is 3.65. The van der Waals surface area contributed by atoms with Crippen molar-refractivity contribution in [2.45, 2.75) is 32.4 Å². The van der Waals surface area contributed by atoms with Crippen LogP contribution in [0.15, 0.2) is 18.2 Å². The van der Waals surface area contributed by atoms with Crippen LogP contribution in [0.2, 0.25) is 0 Å². The van der Waals surface area contributed by atoms with Crippen molar-refractivity contribution in [3.63, 3.8) is 0 Å². The van der Waals surface area contributed by atoms with Crippen LogP contribution in [0.3, 0.4) is 0 Å². The summed E-state index contributed by atoms with van der Waals surface area (Å²) in [6.07, 6.45) is 0.455. The lowest BCUT2D eigenvalue weighted by molar-refractivity contribution is -0.126. The molecule has 1 aromatic rings. The highest BCUT2D eigenvalue weighted by Gasteiger charge is 2.47. The van der Waals surface area contributed by atoms with Gasteiger partial charge in [-0.15, -0.1) is 0 Å². The van der Waals surface area contributed by atoms with E-state index in [2.05, 4.69) is 5.32 Å². The van der Waals surface area contributed by atoms with Gasteiger partial charge in [-0.2, -0.15) is 0 Å². The summed E-state index contributed by atoms with van der Waals surface area (Å²) in [4.78, 5) is 25.1. The van der Waals surface area contributed by atoms with Gasteiger partial charge in [-0.05, 0) is 19.4 Å². The lowest BCUT2D eigenvalue weighted by Crippen LogP contribution is -2.46. The van der Waals surface area contributed by atoms with Crippen molar-refractivity contribution in [3.05, 3.63) is 29.6 Å². The molecule has 1 saturated heterocycles. The standard InChI is InChI=1S/C14H17FN2O3/c1-4-14(2)12(18)16-13(19)17(14)8-9-6-5-7-10(20-3)11(9)15/h5-7H,4,8H2,1-3H3,(H,16,18,19). The van der Waals surface area contributed by atoms with E-state index >= 15 is 0 Å². The first-order valence-electron chi connectivity index (χ1n) is 6.38. The summed E-state index contributed by atoms with van der Waals surface area (Å²) in [6, 6.07) is 4.23. The second-order valence-corrected chi connectivity index (χ2v) is 4.91. The number of nitrogens with one attached hydrogen (secondary N) is 1. The molecule has 5 nitrogen and oxygen atoms in total. The van der Waals surface area contributed by atoms with Gasteiger partial charge in [0.05, 0.1) is 13.7 Å². The molecule has 20 heavy (non-hydrogen) atoms. The van der Waals surface area contributed by atoms with E-state index in [1.54, 1.807) is 19.1 Å². The number of imide groups is 1. The minimum Gasteiger partial charge on any atom is -0.494 e. The van der Waals surface area contributed by atoms with Crippen LogP contribution in [0, 0.1) is 5.82 Å². The topological polar surface area (TPSA) is 58.6 Å². The highest BCUT2D eigenvalue weighted by Crippen LogP contribution is 2.29. The van der Waals surface area contributed by atoms with E-state index in [9.17, 15) is 14.0 Å². The first-order chi connectivity index (χ1) is 9.43. The van der Waals surface area contributed by atoms with Gasteiger partial charge >= 0.3 is 6.03 Å². The van der Waals surface area contributed by atoms with E-state index in [1.807, 2.05) is 6.92 Å². The molecule has 0 spiro atoms. The van der Waals surface area contributed by atoms with E-state index < -0.39 is 17.4 Å². The maximum Gasteiger partial charge on any atom is 0.325 e. The van der Waals surface area contributed by atoms with Gasteiger partial charge in [0.15, 0.2) is 11.6 Å². The number of benzene rings is 1. The van der Waals surface area contributed by atoms with E-state index in [-0.39, 0.29) is 18.2 Å². The average Bonchev–Trinajstić information content (AvgIpc) is 2.65. The highest BCUT2D eigenvalue weighted by atomic mass is 19.1. The fourth-order valence-corrected chi connectivity index (χ4v) is 2.25. The Hall–Kier alpha value is -2.11. The summed E-state index contributed by atoms with van der Waals surface area (Å²) in [5, 5.41) is 2.27. The molecule has 6 heteroatoms. The number of amides is 3. The number of carbonyl (C=O) groups excluding carboxylic acids is 2. The van der Waals surface area contributed by atoms with E-state index in [0.29, 0.717) is 12.0 Å². The molecule has 1 aliphatic rings. The molecule has 0 aromatic heterocycles. The normalized spacial score (nSPS) is 22.1. The van der Waals surface area contributed by atoms with Crippen molar-refractivity contribution < 1.29 is 18.7 Å². The van der Waals surface area contributed by atoms with Crippen LogP contribution in [-0.2, 0) is 11.3 Å². The van der Waals surface area contributed by atoms with Gasteiger partial charge in [0.2, 0.25) is 0 Å². The second kappa shape index (κ2) is 5.11. The van der Waals surface area contributed by atoms with Gasteiger partial charge in [0.25, 0.3) is 5.91 Å². The molecule has 2 rings (SSSR count). The number of nitrogens with zero attached hydrogens (tertiary/aromatic N) is 1. The SMILES string of the molecule is CCC1(C)C(=O)NC(=O)N1Cc1cccc(OC)c1F. The number of methoxy groups -OCH3 is 1. The van der Waals surface area contributed by atoms with Gasteiger partial charge in [0.1, 0.15) is 5.54 Å². The van der Waals surface area contributed by atoms with Crippen LogP contribution in [0.1, 0.15) is 25.8 Å². The van der Waals surface area contributed by atoms with E-state index in [4.69, 9.17) is 4.74 Å². The molecule has 1 atom stereocenters. The van der Waals surface area contributed by atoms with Crippen molar-refractivity contribution in [1.82, 2.24) is 10.2 Å². The number of hydrogen-bond acceptors (Lipinski definition) is 3. The van der Waals surface area contributed by atoms with Crippen LogP contribution in [0.5, 0.6) is 5.75 Å². The first kappa shape index (κ1) is 14.3. The molecule has 1 aliphatic heterocycles. The maximum atomic E-state index is 14.1. The molecule has 0 aliphatic carbocycles. The number of rotatable bonds is 4. The zero-order chi connectivity index (χ0) is 14.9. The van der Waals surface area contributed by atoms with Gasteiger partial charge in [-0.3, -0.25) is 10.1 Å². The molecule has 0 radical (unpaired) electrons. The number of hydrogen-bond donors (Lipinski definition) is 1. The van der Waals surface area contributed by atoms with Crippen LogP contribution >= 0.6 is 0 Å². The Morgan fingerprint density at radius 3 is 2.70 bits per heavy atom. The molecular weight excluding hydrogens is 263 g/mol. The number of halogens is 1. The molecular formula is C14H17FN2O3. The lowest BCUT2D eigenvalue weighted by Gasteiger charge is -2.30. The van der Waals surface area contributed by atoms with Crippen LogP contribution in [0.4, 0.5) is 9.18 Å². The molecule has 0 saturated carbocycles. The summed E-state index contributed by atoms with van der Waals surface area (Å²) in [5.41, 5.74) is -0.638. The molecule has 0 bridgehead atoms. The van der Waals surface area contributed by atoms with Crippen molar-refractivity contribution in [1.29, 1.82) is 0 Å². The van der Waals surface area contributed by atoms with Crippen LogP contribution < -0.4 is 10.1 Å². The quantitative estimate of drug-likeness (QED) is 0.859. The summed E-state index contributed by atoms with van der Waals surface area (Å²) < 4.78 is 19.1. The minimum atomic E-state index is -0.952. The lowest BCUT2D eigenvalue weighted by atomic mass is 9.97. The second-order valence-electron chi connectivity index (χ2n) is 4.91. The van der Waals surface area contributed by atoms with Gasteiger partial charge in [-0.1, -0.05) is 19.1 Å². The third kappa shape index (κ3) is 2.11. The Morgan fingerprint density at radius 1 is 1.40 bits per heavy atom. The molecule has 1 aromatic carbocycles. The Bertz CT molecular complexity index is 561. The predicted molar refractivity (Wildman–Crippen MR) is 70.7 cm³/mol. The molecule has 1 heterocycles. The van der Waals surface area contributed by atoms with Crippen molar-refractivity contribution in [3.8, 4) is 5.75 Å². The molecule has 108 valence electrons. The maximum absolute atomic E-state index is 14.1. The number of ether oxygens (including phenoxy) is 1. The van der Waals surface area contributed by atoms with Crippen molar-refractivity contribution >= 4 is 11.9 Å². The Balaban J connectivity index is 2.34. The fraction of sp³-hybridized carbons (Fsp3) is 0.429. The van der Waals surface area contributed by atoms with Gasteiger partial charge in [0, 0.05) is 5.56 Å². The Morgan fingerprint density at radius 2 is 2.10 bits per heavy atom. The van der Waals surface area contributed by atoms with Crippen molar-refractivity contribution in [2.24, 2.45) is 0 Å². The fourth-order valence-electron chi connectivity index (χ4n) is 2.25. The zero-order valence-corrected chi connectivity index (χ0v) is 11.7. The smallest absolute Gasteiger partial charge is 0.325 e. The summed E-state index contributed by atoms with van der Waals surface area (Å²) in [6.45, 7) is 3.50. The van der Waals surface area contributed by atoms with Gasteiger partial charge in [-0.25, -0.2) is 9.18 Å². The first-order valence-corrected chi connectivity index (χ1v) is 6.38. The molecule has 1 N–H and O–H groups in total. The molecule has 1 fully saturated rings. The summed E-state index contributed by atoms with van der Waals surface area (Å²) in [7, 11) is 1.38. The monoisotopic (exact) mass is 280 g/mol. The summed E-state index contributed by atoms with van der Waals surface area (Å²) in [5.74, 6) is -0.750. The van der Waals surface area contributed by atoms with E-state index in [1.165, 1.54) is 18.1 Å². The van der Waals surface area contributed by atoms with E-state index in [0.717, 1.165) is 0 Å². The van der Waals surface area contributed by atoms with Crippen LogP contribution in [-0.4, -0.2) is 29.5 Å². The van der Waals surface area contributed by atoms with Gasteiger partial charge < -0.3 is 9.64 Å². The molecule has 3 amide bonds. The molecule has 1 unspecified atom stereocenters. The van der Waals surface area contributed by atoms with Crippen molar-refractivity contribution in [2.75, 3.05) is 7.11 Å². The predicted octanol–water partition coefficient (Wildman–Crippen LogP) is 2.05.